The molecule has 0 aliphatic rings. The average molecular weight is 501 g/mol. The van der Waals surface area contributed by atoms with Crippen LogP contribution in [0.15, 0.2) is 47.4 Å². The number of phenols is 1. The van der Waals surface area contributed by atoms with Crippen LogP contribution in [0.1, 0.15) is 57.9 Å². The highest BCUT2D eigenvalue weighted by Gasteiger charge is 2.27. The standard InChI is InChI=1S/C26H29ClN2O4S/c1-14(2)20-13-22(18(6)23(27)24(20)30)29-34(32,33)25-17(5)10-16(4)12-21(25)26(31)28-19-9-7-8-15(3)11-19/h7-14,29-30H,1-6H3,(H,28,31). The van der Waals surface area contributed by atoms with Crippen molar-refractivity contribution in [2.24, 2.45) is 0 Å². The summed E-state index contributed by atoms with van der Waals surface area (Å²) in [6, 6.07) is 12.1. The molecular formula is C26H29ClN2O4S. The fourth-order valence-corrected chi connectivity index (χ4v) is 5.64. The van der Waals surface area contributed by atoms with Crippen molar-refractivity contribution in [3.8, 4) is 5.75 Å². The Hall–Kier alpha value is -3.03. The molecule has 34 heavy (non-hydrogen) atoms. The van der Waals surface area contributed by atoms with Crippen molar-refractivity contribution in [2.75, 3.05) is 10.0 Å². The molecule has 0 aliphatic carbocycles. The predicted molar refractivity (Wildman–Crippen MR) is 138 cm³/mol. The van der Waals surface area contributed by atoms with Crippen LogP contribution >= 0.6 is 11.6 Å². The first-order valence-electron chi connectivity index (χ1n) is 10.9. The third-order valence-electron chi connectivity index (χ3n) is 5.59. The molecule has 3 N–H and O–H groups in total. The SMILES string of the molecule is Cc1cccc(NC(=O)c2cc(C)cc(C)c2S(=O)(=O)Nc2cc(C(C)C)c(O)c(Cl)c2C)c1. The fraction of sp³-hybridized carbons (Fsp3) is 0.269. The summed E-state index contributed by atoms with van der Waals surface area (Å²) in [6.07, 6.45) is 0. The van der Waals surface area contributed by atoms with Crippen molar-refractivity contribution >= 4 is 38.9 Å². The van der Waals surface area contributed by atoms with E-state index < -0.39 is 15.9 Å². The number of benzene rings is 3. The highest BCUT2D eigenvalue weighted by molar-refractivity contribution is 7.92. The summed E-state index contributed by atoms with van der Waals surface area (Å²) >= 11 is 6.29. The molecule has 0 atom stereocenters. The second-order valence-electron chi connectivity index (χ2n) is 8.84. The monoisotopic (exact) mass is 500 g/mol. The van der Waals surface area contributed by atoms with Gasteiger partial charge in [0.2, 0.25) is 0 Å². The summed E-state index contributed by atoms with van der Waals surface area (Å²) in [5.41, 5.74) is 3.94. The van der Waals surface area contributed by atoms with Crippen LogP contribution in [-0.4, -0.2) is 19.4 Å². The van der Waals surface area contributed by atoms with Crippen LogP contribution in [0.25, 0.3) is 0 Å². The Morgan fingerprint density at radius 1 is 1.00 bits per heavy atom. The van der Waals surface area contributed by atoms with E-state index >= 15 is 0 Å². The number of amides is 1. The second kappa shape index (κ2) is 9.68. The van der Waals surface area contributed by atoms with E-state index in [0.717, 1.165) is 11.1 Å². The third kappa shape index (κ3) is 5.21. The number of aryl methyl sites for hydroxylation is 3. The van der Waals surface area contributed by atoms with Crippen molar-refractivity contribution < 1.29 is 18.3 Å². The van der Waals surface area contributed by atoms with E-state index in [4.69, 9.17) is 11.6 Å². The molecule has 6 nitrogen and oxygen atoms in total. The van der Waals surface area contributed by atoms with Crippen molar-refractivity contribution in [3.05, 3.63) is 80.9 Å². The van der Waals surface area contributed by atoms with E-state index in [1.165, 1.54) is 0 Å². The van der Waals surface area contributed by atoms with E-state index in [2.05, 4.69) is 10.0 Å². The van der Waals surface area contributed by atoms with Gasteiger partial charge in [-0.2, -0.15) is 0 Å². The van der Waals surface area contributed by atoms with Gasteiger partial charge in [-0.1, -0.05) is 43.6 Å². The van der Waals surface area contributed by atoms with E-state index in [0.29, 0.717) is 22.4 Å². The molecule has 0 fully saturated rings. The predicted octanol–water partition coefficient (Wildman–Crippen LogP) is 6.46. The summed E-state index contributed by atoms with van der Waals surface area (Å²) < 4.78 is 29.8. The van der Waals surface area contributed by atoms with Crippen LogP contribution in [0.5, 0.6) is 5.75 Å². The molecule has 180 valence electrons. The van der Waals surface area contributed by atoms with Gasteiger partial charge in [-0.25, -0.2) is 8.42 Å². The van der Waals surface area contributed by atoms with Gasteiger partial charge in [0.15, 0.2) is 0 Å². The number of halogens is 1. The van der Waals surface area contributed by atoms with Crippen LogP contribution in [0.3, 0.4) is 0 Å². The molecule has 1 amide bonds. The zero-order valence-electron chi connectivity index (χ0n) is 20.1. The number of carbonyl (C=O) groups is 1. The molecule has 3 aromatic rings. The number of phenolic OH excluding ortho intramolecular Hbond substituents is 1. The van der Waals surface area contributed by atoms with Crippen LogP contribution < -0.4 is 10.0 Å². The molecule has 0 aromatic heterocycles. The molecule has 0 saturated heterocycles. The summed E-state index contributed by atoms with van der Waals surface area (Å²) in [5.74, 6) is -0.680. The van der Waals surface area contributed by atoms with Crippen LogP contribution in [0, 0.1) is 27.7 Å². The number of sulfonamides is 1. The average Bonchev–Trinajstić information content (AvgIpc) is 2.73. The van der Waals surface area contributed by atoms with Gasteiger partial charge < -0.3 is 10.4 Å². The quantitative estimate of drug-likeness (QED) is 0.338. The second-order valence-corrected chi connectivity index (χ2v) is 10.8. The molecule has 0 unspecified atom stereocenters. The lowest BCUT2D eigenvalue weighted by molar-refractivity contribution is 0.102. The molecule has 0 aliphatic heterocycles. The van der Waals surface area contributed by atoms with Gasteiger partial charge in [0, 0.05) is 11.3 Å². The van der Waals surface area contributed by atoms with Gasteiger partial charge in [-0.15, -0.1) is 0 Å². The van der Waals surface area contributed by atoms with Crippen molar-refractivity contribution in [3.63, 3.8) is 0 Å². The number of anilines is 2. The van der Waals surface area contributed by atoms with Crippen molar-refractivity contribution in [1.29, 1.82) is 0 Å². The Kier molecular flexibility index (Phi) is 7.29. The van der Waals surface area contributed by atoms with E-state index in [9.17, 15) is 18.3 Å². The van der Waals surface area contributed by atoms with Gasteiger partial charge >= 0.3 is 0 Å². The zero-order chi connectivity index (χ0) is 25.4. The molecule has 3 rings (SSSR count). The van der Waals surface area contributed by atoms with Gasteiger partial charge in [0.1, 0.15) is 10.6 Å². The smallest absolute Gasteiger partial charge is 0.262 e. The number of hydrogen-bond acceptors (Lipinski definition) is 4. The molecule has 8 heteroatoms. The minimum Gasteiger partial charge on any atom is -0.506 e. The molecule has 0 saturated carbocycles. The van der Waals surface area contributed by atoms with Crippen LogP contribution in [0.4, 0.5) is 11.4 Å². The van der Waals surface area contributed by atoms with E-state index in [1.807, 2.05) is 39.0 Å². The van der Waals surface area contributed by atoms with Crippen LogP contribution in [-0.2, 0) is 10.0 Å². The largest absolute Gasteiger partial charge is 0.506 e. The summed E-state index contributed by atoms with van der Waals surface area (Å²) in [5, 5.41) is 13.3. The highest BCUT2D eigenvalue weighted by Crippen LogP contribution is 2.40. The molecule has 3 aromatic carbocycles. The lowest BCUT2D eigenvalue weighted by atomic mass is 9.99. The lowest BCUT2D eigenvalue weighted by Crippen LogP contribution is -2.22. The molecule has 0 heterocycles. The molecule has 0 spiro atoms. The first kappa shape index (κ1) is 25.6. The number of hydrogen-bond donors (Lipinski definition) is 3. The summed E-state index contributed by atoms with van der Waals surface area (Å²) in [6.45, 7) is 10.7. The Bertz CT molecular complexity index is 1380. The molecule has 0 bridgehead atoms. The summed E-state index contributed by atoms with van der Waals surface area (Å²) in [4.78, 5) is 13.1. The van der Waals surface area contributed by atoms with Gasteiger partial charge in [-0.3, -0.25) is 9.52 Å². The normalized spacial score (nSPS) is 11.5. The maximum atomic E-state index is 13.6. The Balaban J connectivity index is 2.10. The van der Waals surface area contributed by atoms with Crippen molar-refractivity contribution in [1.82, 2.24) is 0 Å². The summed E-state index contributed by atoms with van der Waals surface area (Å²) in [7, 11) is -4.18. The highest BCUT2D eigenvalue weighted by atomic mass is 35.5. The molecule has 0 radical (unpaired) electrons. The first-order chi connectivity index (χ1) is 15.8. The zero-order valence-corrected chi connectivity index (χ0v) is 21.6. The van der Waals surface area contributed by atoms with Crippen LogP contribution in [0.2, 0.25) is 5.02 Å². The first-order valence-corrected chi connectivity index (χ1v) is 12.7. The maximum Gasteiger partial charge on any atom is 0.262 e. The van der Waals surface area contributed by atoms with E-state index in [1.54, 1.807) is 45.0 Å². The minimum absolute atomic E-state index is 0.0399. The van der Waals surface area contributed by atoms with E-state index in [-0.39, 0.29) is 32.8 Å². The Morgan fingerprint density at radius 3 is 2.29 bits per heavy atom. The maximum absolute atomic E-state index is 13.6. The Labute approximate surface area is 206 Å². The fourth-order valence-electron chi connectivity index (χ4n) is 3.90. The third-order valence-corrected chi connectivity index (χ3v) is 7.62. The topological polar surface area (TPSA) is 95.5 Å². The van der Waals surface area contributed by atoms with Gasteiger partial charge in [-0.05, 0) is 80.1 Å². The number of carbonyl (C=O) groups excluding carboxylic acids is 1. The number of aromatic hydroxyl groups is 1. The Morgan fingerprint density at radius 2 is 1.68 bits per heavy atom. The minimum atomic E-state index is -4.18. The molecular weight excluding hydrogens is 472 g/mol. The lowest BCUT2D eigenvalue weighted by Gasteiger charge is -2.19. The number of rotatable bonds is 6. The number of nitrogens with one attached hydrogen (secondary N) is 2. The van der Waals surface area contributed by atoms with Gasteiger partial charge in [0.05, 0.1) is 16.3 Å². The van der Waals surface area contributed by atoms with Crippen molar-refractivity contribution in [2.45, 2.75) is 52.4 Å². The van der Waals surface area contributed by atoms with Gasteiger partial charge in [0.25, 0.3) is 15.9 Å².